The molecule has 0 heterocycles. The summed E-state index contributed by atoms with van der Waals surface area (Å²) in [5.41, 5.74) is 5.88. The van der Waals surface area contributed by atoms with E-state index in [4.69, 9.17) is 10.8 Å². The molecule has 0 aromatic rings. The molecule has 12 heteroatoms. The van der Waals surface area contributed by atoms with E-state index in [2.05, 4.69) is 28.6 Å². The van der Waals surface area contributed by atoms with Gasteiger partial charge in [0, 0.05) is 12.2 Å². The second-order valence-electron chi connectivity index (χ2n) is 7.86. The van der Waals surface area contributed by atoms with Crippen molar-refractivity contribution in [3.63, 3.8) is 0 Å². The molecule has 11 nitrogen and oxygen atoms in total. The van der Waals surface area contributed by atoms with Crippen LogP contribution in [0.2, 0.25) is 0 Å². The van der Waals surface area contributed by atoms with Crippen molar-refractivity contribution in [1.82, 2.24) is 16.0 Å². The Morgan fingerprint density at radius 3 is 1.78 bits per heavy atom. The Morgan fingerprint density at radius 1 is 0.844 bits per heavy atom. The number of nitrogens with one attached hydrogen (secondary N) is 3. The predicted molar refractivity (Wildman–Crippen MR) is 121 cm³/mol. The molecule has 0 aromatic carbocycles. The molecule has 0 rings (SSSR count). The monoisotopic (exact) mass is 476 g/mol. The van der Waals surface area contributed by atoms with Crippen LogP contribution in [0.25, 0.3) is 0 Å². The summed E-state index contributed by atoms with van der Waals surface area (Å²) in [7, 11) is 0. The fraction of sp³-hybridized carbons (Fsp3) is 0.750. The first-order chi connectivity index (χ1) is 14.9. The third-order valence-electron chi connectivity index (χ3n) is 5.43. The van der Waals surface area contributed by atoms with Crippen LogP contribution in [0.4, 0.5) is 0 Å². The zero-order valence-corrected chi connectivity index (χ0v) is 19.9. The molecule has 0 spiro atoms. The number of rotatable bonds is 15. The molecule has 0 radical (unpaired) electrons. The van der Waals surface area contributed by atoms with Crippen molar-refractivity contribution in [2.45, 2.75) is 77.5 Å². The van der Waals surface area contributed by atoms with Gasteiger partial charge in [0.25, 0.3) is 0 Å². The lowest BCUT2D eigenvalue weighted by atomic mass is 9.98. The van der Waals surface area contributed by atoms with Gasteiger partial charge in [-0.15, -0.1) is 0 Å². The van der Waals surface area contributed by atoms with Crippen LogP contribution in [0.3, 0.4) is 0 Å². The summed E-state index contributed by atoms with van der Waals surface area (Å²) >= 11 is 4.05. The number of thiol groups is 1. The summed E-state index contributed by atoms with van der Waals surface area (Å²) in [5.74, 6) is -5.18. The highest BCUT2D eigenvalue weighted by Gasteiger charge is 2.32. The maximum atomic E-state index is 12.7. The van der Waals surface area contributed by atoms with Crippen LogP contribution in [0.1, 0.15) is 53.4 Å². The van der Waals surface area contributed by atoms with Crippen molar-refractivity contribution < 1.29 is 34.2 Å². The number of carbonyl (C=O) groups excluding carboxylic acids is 3. The number of carboxylic acids is 2. The molecule has 0 aliphatic carbocycles. The summed E-state index contributed by atoms with van der Waals surface area (Å²) in [6, 6.07) is -4.48. The van der Waals surface area contributed by atoms with Crippen LogP contribution in [0.15, 0.2) is 0 Å². The average molecular weight is 477 g/mol. The minimum absolute atomic E-state index is 0.142. The molecular formula is C20H36N4O7S. The van der Waals surface area contributed by atoms with Gasteiger partial charge < -0.3 is 31.9 Å². The Balaban J connectivity index is 5.38. The number of carboxylic acid groups (broad SMARTS) is 2. The van der Waals surface area contributed by atoms with E-state index in [0.717, 1.165) is 0 Å². The first-order valence-corrected chi connectivity index (χ1v) is 11.2. The van der Waals surface area contributed by atoms with Gasteiger partial charge in [0.1, 0.15) is 18.1 Å². The lowest BCUT2D eigenvalue weighted by molar-refractivity contribution is -0.143. The van der Waals surface area contributed by atoms with E-state index >= 15 is 0 Å². The molecule has 6 unspecified atom stereocenters. The van der Waals surface area contributed by atoms with E-state index in [9.17, 15) is 29.1 Å². The van der Waals surface area contributed by atoms with Crippen LogP contribution in [-0.2, 0) is 24.0 Å². The van der Waals surface area contributed by atoms with E-state index in [1.807, 2.05) is 6.92 Å². The molecule has 7 N–H and O–H groups in total. The van der Waals surface area contributed by atoms with Crippen LogP contribution < -0.4 is 21.7 Å². The van der Waals surface area contributed by atoms with E-state index in [1.54, 1.807) is 20.8 Å². The standard InChI is InChI=1S/C20H36N4O7S/c1-5-10(3)15(21)19(29)22-12(7-8-14(25)26)17(27)23-13(9-32)18(28)24-16(20(30)31)11(4)6-2/h10-13,15-16,32H,5-9,21H2,1-4H3,(H,22,29)(H,23,27)(H,24,28)(H,25,26)(H,30,31). The van der Waals surface area contributed by atoms with Crippen molar-refractivity contribution in [3.05, 3.63) is 0 Å². The summed E-state index contributed by atoms with van der Waals surface area (Å²) < 4.78 is 0. The number of carbonyl (C=O) groups is 5. The molecule has 184 valence electrons. The minimum atomic E-state index is -1.24. The highest BCUT2D eigenvalue weighted by Crippen LogP contribution is 2.09. The van der Waals surface area contributed by atoms with E-state index in [0.29, 0.717) is 12.8 Å². The van der Waals surface area contributed by atoms with Gasteiger partial charge >= 0.3 is 11.9 Å². The molecule has 6 atom stereocenters. The first-order valence-electron chi connectivity index (χ1n) is 10.6. The second kappa shape index (κ2) is 14.7. The smallest absolute Gasteiger partial charge is 0.326 e. The molecular weight excluding hydrogens is 440 g/mol. The highest BCUT2D eigenvalue weighted by molar-refractivity contribution is 7.80. The number of amides is 3. The number of hydrogen-bond donors (Lipinski definition) is 7. The summed E-state index contributed by atoms with van der Waals surface area (Å²) in [6.45, 7) is 7.08. The maximum absolute atomic E-state index is 12.7. The minimum Gasteiger partial charge on any atom is -0.481 e. The van der Waals surface area contributed by atoms with Crippen molar-refractivity contribution in [1.29, 1.82) is 0 Å². The average Bonchev–Trinajstić information content (AvgIpc) is 2.75. The number of hydrogen-bond acceptors (Lipinski definition) is 7. The largest absolute Gasteiger partial charge is 0.481 e. The molecule has 0 bridgehead atoms. The van der Waals surface area contributed by atoms with Crippen LogP contribution >= 0.6 is 12.6 Å². The Hall–Kier alpha value is -2.34. The van der Waals surface area contributed by atoms with Gasteiger partial charge in [0.15, 0.2) is 0 Å². The van der Waals surface area contributed by atoms with E-state index in [-0.39, 0.29) is 24.0 Å². The van der Waals surface area contributed by atoms with Gasteiger partial charge in [-0.1, -0.05) is 40.5 Å². The molecule has 0 fully saturated rings. The van der Waals surface area contributed by atoms with E-state index < -0.39 is 60.2 Å². The van der Waals surface area contributed by atoms with Gasteiger partial charge in [-0.3, -0.25) is 19.2 Å². The van der Waals surface area contributed by atoms with Crippen LogP contribution in [-0.4, -0.2) is 69.8 Å². The zero-order chi connectivity index (χ0) is 25.0. The Morgan fingerprint density at radius 2 is 1.34 bits per heavy atom. The fourth-order valence-corrected chi connectivity index (χ4v) is 2.98. The summed E-state index contributed by atoms with van der Waals surface area (Å²) in [6.07, 6.45) is 0.522. The van der Waals surface area contributed by atoms with Gasteiger partial charge in [0.05, 0.1) is 6.04 Å². The molecule has 0 aliphatic rings. The quantitative estimate of drug-likeness (QED) is 0.157. The topological polar surface area (TPSA) is 188 Å². The first kappa shape index (κ1) is 29.7. The van der Waals surface area contributed by atoms with Crippen LogP contribution in [0, 0.1) is 11.8 Å². The molecule has 0 saturated carbocycles. The predicted octanol–water partition coefficient (Wildman–Crippen LogP) is -0.260. The molecule has 3 amide bonds. The number of nitrogens with two attached hydrogens (primary N) is 1. The molecule has 0 aromatic heterocycles. The molecule has 0 saturated heterocycles. The molecule has 32 heavy (non-hydrogen) atoms. The highest BCUT2D eigenvalue weighted by atomic mass is 32.1. The van der Waals surface area contributed by atoms with Gasteiger partial charge in [-0.05, 0) is 18.3 Å². The SMILES string of the molecule is CCC(C)C(N)C(=O)NC(CCC(=O)O)C(=O)NC(CS)C(=O)NC(C(=O)O)C(C)CC. The van der Waals surface area contributed by atoms with Crippen molar-refractivity contribution in [2.24, 2.45) is 17.6 Å². The second-order valence-corrected chi connectivity index (χ2v) is 8.22. The summed E-state index contributed by atoms with van der Waals surface area (Å²) in [5, 5.41) is 25.6. The Labute approximate surface area is 193 Å². The maximum Gasteiger partial charge on any atom is 0.326 e. The van der Waals surface area contributed by atoms with Crippen molar-refractivity contribution in [3.8, 4) is 0 Å². The van der Waals surface area contributed by atoms with Crippen molar-refractivity contribution in [2.75, 3.05) is 5.75 Å². The Bertz CT molecular complexity index is 676. The van der Waals surface area contributed by atoms with E-state index in [1.165, 1.54) is 0 Å². The number of aliphatic carboxylic acids is 2. The Kier molecular flexibility index (Phi) is 13.6. The zero-order valence-electron chi connectivity index (χ0n) is 19.0. The normalized spacial score (nSPS) is 16.6. The van der Waals surface area contributed by atoms with Gasteiger partial charge in [-0.25, -0.2) is 4.79 Å². The lowest BCUT2D eigenvalue weighted by Gasteiger charge is -2.26. The van der Waals surface area contributed by atoms with Crippen LogP contribution in [0.5, 0.6) is 0 Å². The lowest BCUT2D eigenvalue weighted by Crippen LogP contribution is -2.58. The molecule has 0 aliphatic heterocycles. The third-order valence-corrected chi connectivity index (χ3v) is 5.80. The van der Waals surface area contributed by atoms with Gasteiger partial charge in [-0.2, -0.15) is 12.6 Å². The van der Waals surface area contributed by atoms with Crippen molar-refractivity contribution >= 4 is 42.3 Å². The fourth-order valence-electron chi connectivity index (χ4n) is 2.72. The van der Waals surface area contributed by atoms with Gasteiger partial charge in [0.2, 0.25) is 17.7 Å². The summed E-state index contributed by atoms with van der Waals surface area (Å²) in [4.78, 5) is 60.1. The third kappa shape index (κ3) is 9.86.